The van der Waals surface area contributed by atoms with E-state index in [4.69, 9.17) is 9.26 Å². The van der Waals surface area contributed by atoms with Crippen molar-refractivity contribution in [3.05, 3.63) is 71.4 Å². The number of rotatable bonds is 6. The molecule has 1 saturated heterocycles. The molecular weight excluding hydrogens is 408 g/mol. The van der Waals surface area contributed by atoms with Crippen LogP contribution in [0.3, 0.4) is 0 Å². The Kier molecular flexibility index (Phi) is 5.68. The van der Waals surface area contributed by atoms with Gasteiger partial charge in [-0.1, -0.05) is 35.5 Å². The number of anilines is 1. The van der Waals surface area contributed by atoms with Crippen LogP contribution in [0.1, 0.15) is 40.5 Å². The number of nitrogens with one attached hydrogen (secondary N) is 1. The van der Waals surface area contributed by atoms with Gasteiger partial charge in [-0.15, -0.1) is 0 Å². The molecule has 164 valence electrons. The summed E-state index contributed by atoms with van der Waals surface area (Å²) in [6.45, 7) is 2.21. The number of carbonyl (C=O) groups is 2. The van der Waals surface area contributed by atoms with Crippen LogP contribution in [0.15, 0.2) is 53.1 Å². The molecule has 1 fully saturated rings. The van der Waals surface area contributed by atoms with Gasteiger partial charge >= 0.3 is 0 Å². The van der Waals surface area contributed by atoms with Crippen LogP contribution in [0.2, 0.25) is 0 Å². The van der Waals surface area contributed by atoms with E-state index in [1.165, 1.54) is 0 Å². The number of amides is 1. The molecule has 0 unspecified atom stereocenters. The van der Waals surface area contributed by atoms with Crippen molar-refractivity contribution in [1.82, 2.24) is 15.0 Å². The second-order valence-electron chi connectivity index (χ2n) is 8.23. The Labute approximate surface area is 185 Å². The fourth-order valence-corrected chi connectivity index (χ4v) is 4.22. The maximum absolute atomic E-state index is 13.0. The molecule has 0 atom stereocenters. The molecule has 0 radical (unpaired) electrons. The molecule has 8 nitrogen and oxygen atoms in total. The van der Waals surface area contributed by atoms with Gasteiger partial charge in [-0.2, -0.15) is 4.98 Å². The van der Waals surface area contributed by atoms with Gasteiger partial charge in [-0.3, -0.25) is 14.5 Å². The topological polar surface area (TPSA) is 97.6 Å². The number of fused-ring (bicyclic) bond motifs is 1. The molecule has 1 aromatic heterocycles. The van der Waals surface area contributed by atoms with Gasteiger partial charge in [-0.25, -0.2) is 0 Å². The first kappa shape index (κ1) is 20.4. The number of hydrogen-bond acceptors (Lipinski definition) is 7. The lowest BCUT2D eigenvalue weighted by Crippen LogP contribution is -2.36. The van der Waals surface area contributed by atoms with Crippen LogP contribution in [0, 0.1) is 5.92 Å². The van der Waals surface area contributed by atoms with Crippen LogP contribution in [0.25, 0.3) is 0 Å². The minimum atomic E-state index is -0.205. The van der Waals surface area contributed by atoms with E-state index < -0.39 is 0 Å². The Morgan fingerprint density at radius 3 is 2.75 bits per heavy atom. The highest BCUT2D eigenvalue weighted by Gasteiger charge is 2.27. The summed E-state index contributed by atoms with van der Waals surface area (Å²) >= 11 is 0. The molecule has 0 spiro atoms. The largest absolute Gasteiger partial charge is 0.482 e. The molecule has 1 N–H and O–H groups in total. The van der Waals surface area contributed by atoms with E-state index in [-0.39, 0.29) is 24.2 Å². The van der Waals surface area contributed by atoms with Gasteiger partial charge in [0, 0.05) is 11.5 Å². The Bertz CT molecular complexity index is 1120. The number of piperidine rings is 1. The molecule has 3 aromatic rings. The second kappa shape index (κ2) is 8.92. The average molecular weight is 432 g/mol. The van der Waals surface area contributed by atoms with E-state index in [1.807, 2.05) is 30.3 Å². The van der Waals surface area contributed by atoms with Crippen molar-refractivity contribution in [2.45, 2.75) is 25.8 Å². The summed E-state index contributed by atoms with van der Waals surface area (Å²) < 4.78 is 10.8. The zero-order valence-electron chi connectivity index (χ0n) is 17.6. The molecule has 2 aliphatic rings. The Morgan fingerprint density at radius 1 is 1.12 bits per heavy atom. The van der Waals surface area contributed by atoms with Crippen molar-refractivity contribution in [3.63, 3.8) is 0 Å². The van der Waals surface area contributed by atoms with Crippen molar-refractivity contribution in [3.8, 4) is 5.75 Å². The maximum Gasteiger partial charge on any atom is 0.262 e. The van der Waals surface area contributed by atoms with Gasteiger partial charge in [-0.05, 0) is 49.7 Å². The molecule has 5 rings (SSSR count). The summed E-state index contributed by atoms with van der Waals surface area (Å²) in [5.41, 5.74) is 2.31. The first-order valence-corrected chi connectivity index (χ1v) is 10.8. The molecule has 2 aliphatic heterocycles. The molecule has 1 amide bonds. The number of likely N-dealkylation sites (tertiary alicyclic amines) is 1. The van der Waals surface area contributed by atoms with Crippen LogP contribution in [-0.4, -0.2) is 46.4 Å². The summed E-state index contributed by atoms with van der Waals surface area (Å²) in [7, 11) is 0. The van der Waals surface area contributed by atoms with Crippen LogP contribution in [-0.2, 0) is 17.8 Å². The number of hydrogen-bond donors (Lipinski definition) is 1. The normalized spacial score (nSPS) is 16.8. The van der Waals surface area contributed by atoms with E-state index >= 15 is 0 Å². The smallest absolute Gasteiger partial charge is 0.262 e. The number of carbonyl (C=O) groups excluding carboxylic acids is 2. The lowest BCUT2D eigenvalue weighted by molar-refractivity contribution is -0.118. The van der Waals surface area contributed by atoms with E-state index in [9.17, 15) is 9.59 Å². The molecule has 0 aliphatic carbocycles. The van der Waals surface area contributed by atoms with Crippen LogP contribution in [0.4, 0.5) is 5.69 Å². The molecule has 0 bridgehead atoms. The monoisotopic (exact) mass is 432 g/mol. The minimum absolute atomic E-state index is 0.00682. The molecular formula is C24H24N4O4. The molecule has 0 saturated carbocycles. The summed E-state index contributed by atoms with van der Waals surface area (Å²) in [6, 6.07) is 15.3. The Balaban J connectivity index is 1.15. The van der Waals surface area contributed by atoms with Gasteiger partial charge in [0.25, 0.3) is 5.91 Å². The van der Waals surface area contributed by atoms with Gasteiger partial charge < -0.3 is 14.6 Å². The van der Waals surface area contributed by atoms with Crippen LogP contribution in [0.5, 0.6) is 5.75 Å². The number of Topliss-reactive ketones (excluding diaryl/α,β-unsaturated/α-hetero) is 1. The Morgan fingerprint density at radius 2 is 1.94 bits per heavy atom. The van der Waals surface area contributed by atoms with Gasteiger partial charge in [0.15, 0.2) is 18.2 Å². The third-order valence-corrected chi connectivity index (χ3v) is 5.93. The van der Waals surface area contributed by atoms with E-state index in [0.29, 0.717) is 41.7 Å². The fourth-order valence-electron chi connectivity index (χ4n) is 4.22. The number of nitrogens with zero attached hydrogens (tertiary/aromatic N) is 3. The zero-order valence-corrected chi connectivity index (χ0v) is 17.6. The quantitative estimate of drug-likeness (QED) is 0.598. The van der Waals surface area contributed by atoms with Crippen molar-refractivity contribution >= 4 is 17.4 Å². The number of ketones is 1. The lowest BCUT2D eigenvalue weighted by Gasteiger charge is -2.30. The number of aromatic nitrogens is 2. The molecule has 2 aromatic carbocycles. The van der Waals surface area contributed by atoms with Crippen LogP contribution >= 0.6 is 0 Å². The summed E-state index contributed by atoms with van der Waals surface area (Å²) in [6.07, 6.45) is 2.16. The predicted octanol–water partition coefficient (Wildman–Crippen LogP) is 3.09. The van der Waals surface area contributed by atoms with Crippen molar-refractivity contribution in [2.24, 2.45) is 5.92 Å². The van der Waals surface area contributed by atoms with E-state index in [1.54, 1.807) is 18.2 Å². The standard InChI is InChI=1S/C24H24N4O4/c29-22-15-31-20-7-6-18(13-19(20)25-22)24(30)17-8-10-28(11-9-17)14-21-26-23(32-27-21)12-16-4-2-1-3-5-16/h1-7,13,17H,8-12,14-15H2,(H,25,29). The predicted molar refractivity (Wildman–Crippen MR) is 116 cm³/mol. The van der Waals surface area contributed by atoms with Gasteiger partial charge in [0.1, 0.15) is 5.75 Å². The number of ether oxygens (including phenoxy) is 1. The SMILES string of the molecule is O=C1COc2ccc(C(=O)C3CCN(Cc4noc(Cc5ccccc5)n4)CC3)cc2N1. The van der Waals surface area contributed by atoms with Gasteiger partial charge in [0.2, 0.25) is 5.89 Å². The second-order valence-corrected chi connectivity index (χ2v) is 8.23. The van der Waals surface area contributed by atoms with Gasteiger partial charge in [0.05, 0.1) is 18.7 Å². The third kappa shape index (κ3) is 4.55. The maximum atomic E-state index is 13.0. The van der Waals surface area contributed by atoms with E-state index in [0.717, 1.165) is 31.5 Å². The third-order valence-electron chi connectivity index (χ3n) is 5.93. The van der Waals surface area contributed by atoms with E-state index in [2.05, 4.69) is 20.4 Å². The summed E-state index contributed by atoms with van der Waals surface area (Å²) in [5, 5.41) is 6.88. The molecule has 8 heteroatoms. The van der Waals surface area contributed by atoms with Crippen molar-refractivity contribution < 1.29 is 18.8 Å². The first-order valence-electron chi connectivity index (χ1n) is 10.8. The number of benzene rings is 2. The lowest BCUT2D eigenvalue weighted by atomic mass is 9.88. The summed E-state index contributed by atoms with van der Waals surface area (Å²) in [4.78, 5) is 31.3. The molecule has 32 heavy (non-hydrogen) atoms. The fraction of sp³-hybridized carbons (Fsp3) is 0.333. The Hall–Kier alpha value is -3.52. The minimum Gasteiger partial charge on any atom is -0.482 e. The highest BCUT2D eigenvalue weighted by atomic mass is 16.5. The van der Waals surface area contributed by atoms with Crippen molar-refractivity contribution in [2.75, 3.05) is 25.0 Å². The highest BCUT2D eigenvalue weighted by Crippen LogP contribution is 2.31. The zero-order chi connectivity index (χ0) is 21.9. The van der Waals surface area contributed by atoms with Crippen LogP contribution < -0.4 is 10.1 Å². The molecule has 3 heterocycles. The first-order chi connectivity index (χ1) is 15.6. The summed E-state index contributed by atoms with van der Waals surface area (Å²) in [5.74, 6) is 1.75. The highest BCUT2D eigenvalue weighted by molar-refractivity contribution is 6.01. The average Bonchev–Trinajstić information content (AvgIpc) is 3.26. The van der Waals surface area contributed by atoms with Crippen molar-refractivity contribution in [1.29, 1.82) is 0 Å².